The highest BCUT2D eigenvalue weighted by Gasteiger charge is 2.55. The molecule has 1 saturated heterocycles. The van der Waals surface area contributed by atoms with Gasteiger partial charge in [-0.3, -0.25) is 14.5 Å². The van der Waals surface area contributed by atoms with E-state index in [0.29, 0.717) is 5.69 Å². The maximum absolute atomic E-state index is 12.8. The molecule has 2 aliphatic heterocycles. The minimum atomic E-state index is -1.33. The molecule has 0 unspecified atom stereocenters. The number of primary amides is 1. The average Bonchev–Trinajstić information content (AvgIpc) is 2.96. The van der Waals surface area contributed by atoms with Crippen LogP contribution in [0.25, 0.3) is 0 Å². The van der Waals surface area contributed by atoms with Crippen molar-refractivity contribution < 1.29 is 23.9 Å². The van der Waals surface area contributed by atoms with E-state index < -0.39 is 29.6 Å². The van der Waals surface area contributed by atoms with Crippen LogP contribution in [0.2, 0.25) is 0 Å². The zero-order valence-electron chi connectivity index (χ0n) is 14.7. The fraction of sp³-hybridized carbons (Fsp3) is 0.500. The van der Waals surface area contributed by atoms with E-state index in [-0.39, 0.29) is 26.2 Å². The van der Waals surface area contributed by atoms with Crippen LogP contribution in [0.1, 0.15) is 31.7 Å². The van der Waals surface area contributed by atoms with Gasteiger partial charge in [-0.15, -0.1) is 0 Å². The first kappa shape index (κ1) is 18.2. The number of benzene rings is 1. The van der Waals surface area contributed by atoms with Gasteiger partial charge in [-0.05, 0) is 12.5 Å². The molecule has 2 aliphatic rings. The van der Waals surface area contributed by atoms with E-state index in [1.165, 1.54) is 4.90 Å². The molecular weight excluding hydrogens is 338 g/mol. The van der Waals surface area contributed by atoms with Crippen LogP contribution in [0.3, 0.4) is 0 Å². The number of likely N-dealkylation sites (tertiary alicyclic amines) is 1. The van der Waals surface area contributed by atoms with Crippen LogP contribution in [0.15, 0.2) is 24.3 Å². The van der Waals surface area contributed by atoms with Crippen LogP contribution in [0, 0.1) is 0 Å². The standard InChI is InChI=1S/C18H23N3O5/c1-2-3-8-25-17(24)21-11-18(9-14(21)15(19)22)16(23)20-13-7-5-4-6-12(13)10-26-18/h4-7,14H,2-3,8-11H2,1H3,(H2,19,22)(H,20,23)/t14-,18+/m0/s1. The van der Waals surface area contributed by atoms with Gasteiger partial charge in [0.2, 0.25) is 5.91 Å². The molecule has 2 atom stereocenters. The fourth-order valence-electron chi connectivity index (χ4n) is 3.26. The number of carbonyl (C=O) groups is 3. The first-order valence-corrected chi connectivity index (χ1v) is 8.73. The summed E-state index contributed by atoms with van der Waals surface area (Å²) in [5, 5.41) is 2.83. The van der Waals surface area contributed by atoms with Crippen molar-refractivity contribution in [3.63, 3.8) is 0 Å². The summed E-state index contributed by atoms with van der Waals surface area (Å²) in [4.78, 5) is 38.3. The quantitative estimate of drug-likeness (QED) is 0.787. The molecular formula is C18H23N3O5. The third-order valence-corrected chi connectivity index (χ3v) is 4.79. The van der Waals surface area contributed by atoms with Crippen molar-refractivity contribution in [3.8, 4) is 0 Å². The summed E-state index contributed by atoms with van der Waals surface area (Å²) in [7, 11) is 0. The van der Waals surface area contributed by atoms with Crippen LogP contribution in [-0.4, -0.2) is 47.6 Å². The third kappa shape index (κ3) is 3.37. The Kier molecular flexibility index (Phi) is 5.13. The van der Waals surface area contributed by atoms with E-state index in [1.807, 2.05) is 25.1 Å². The second-order valence-corrected chi connectivity index (χ2v) is 6.61. The van der Waals surface area contributed by atoms with Crippen LogP contribution < -0.4 is 11.1 Å². The van der Waals surface area contributed by atoms with E-state index in [2.05, 4.69) is 5.32 Å². The van der Waals surface area contributed by atoms with Gasteiger partial charge < -0.3 is 20.5 Å². The van der Waals surface area contributed by atoms with Gasteiger partial charge in [0, 0.05) is 17.7 Å². The van der Waals surface area contributed by atoms with Crippen molar-refractivity contribution in [3.05, 3.63) is 29.8 Å². The van der Waals surface area contributed by atoms with Gasteiger partial charge in [0.1, 0.15) is 6.04 Å². The number of nitrogens with one attached hydrogen (secondary N) is 1. The number of nitrogens with zero attached hydrogens (tertiary/aromatic N) is 1. The number of para-hydroxylation sites is 1. The Morgan fingerprint density at radius 3 is 2.92 bits per heavy atom. The molecule has 0 radical (unpaired) electrons. The normalized spacial score (nSPS) is 24.7. The van der Waals surface area contributed by atoms with Crippen LogP contribution >= 0.6 is 0 Å². The molecule has 3 amide bonds. The molecule has 1 aromatic rings. The van der Waals surface area contributed by atoms with Crippen molar-refractivity contribution in [2.45, 2.75) is 44.4 Å². The van der Waals surface area contributed by atoms with Gasteiger partial charge in [0.25, 0.3) is 5.91 Å². The SMILES string of the molecule is CCCCOC(=O)N1C[C@@]2(C[C@H]1C(N)=O)OCc1ccccc1NC2=O. The van der Waals surface area contributed by atoms with Crippen molar-refractivity contribution in [2.24, 2.45) is 5.73 Å². The van der Waals surface area contributed by atoms with Gasteiger partial charge in [0.05, 0.1) is 19.8 Å². The van der Waals surface area contributed by atoms with E-state index in [0.717, 1.165) is 18.4 Å². The topological polar surface area (TPSA) is 111 Å². The lowest BCUT2D eigenvalue weighted by Crippen LogP contribution is -2.47. The highest BCUT2D eigenvalue weighted by Crippen LogP contribution is 2.36. The highest BCUT2D eigenvalue weighted by molar-refractivity contribution is 6.00. The van der Waals surface area contributed by atoms with Gasteiger partial charge >= 0.3 is 6.09 Å². The maximum Gasteiger partial charge on any atom is 0.410 e. The number of rotatable bonds is 4. The number of carbonyl (C=O) groups excluding carboxylic acids is 3. The molecule has 8 nitrogen and oxygen atoms in total. The number of hydrogen-bond donors (Lipinski definition) is 2. The molecule has 0 saturated carbocycles. The summed E-state index contributed by atoms with van der Waals surface area (Å²) in [6.07, 6.45) is 0.945. The Bertz CT molecular complexity index is 723. The number of ether oxygens (including phenoxy) is 2. The molecule has 0 bridgehead atoms. The summed E-state index contributed by atoms with van der Waals surface area (Å²) >= 11 is 0. The molecule has 26 heavy (non-hydrogen) atoms. The average molecular weight is 361 g/mol. The van der Waals surface area contributed by atoms with E-state index in [9.17, 15) is 14.4 Å². The molecule has 140 valence electrons. The largest absolute Gasteiger partial charge is 0.449 e. The molecule has 0 aromatic heterocycles. The van der Waals surface area contributed by atoms with E-state index >= 15 is 0 Å². The summed E-state index contributed by atoms with van der Waals surface area (Å²) < 4.78 is 11.1. The highest BCUT2D eigenvalue weighted by atomic mass is 16.6. The Hall–Kier alpha value is -2.61. The maximum atomic E-state index is 12.8. The van der Waals surface area contributed by atoms with Crippen LogP contribution in [0.4, 0.5) is 10.5 Å². The first-order chi connectivity index (χ1) is 12.5. The van der Waals surface area contributed by atoms with Crippen molar-refractivity contribution in [2.75, 3.05) is 18.5 Å². The predicted octanol–water partition coefficient (Wildman–Crippen LogP) is 1.39. The van der Waals surface area contributed by atoms with Crippen LogP contribution in [0.5, 0.6) is 0 Å². The Labute approximate surface area is 151 Å². The Morgan fingerprint density at radius 2 is 2.19 bits per heavy atom. The lowest BCUT2D eigenvalue weighted by Gasteiger charge is -2.25. The monoisotopic (exact) mass is 361 g/mol. The van der Waals surface area contributed by atoms with E-state index in [1.54, 1.807) is 6.07 Å². The van der Waals surface area contributed by atoms with Gasteiger partial charge in [-0.1, -0.05) is 31.5 Å². The number of unbranched alkanes of at least 4 members (excludes halogenated alkanes) is 1. The molecule has 1 spiro atoms. The van der Waals surface area contributed by atoms with Crippen molar-refractivity contribution in [1.29, 1.82) is 0 Å². The molecule has 2 heterocycles. The minimum Gasteiger partial charge on any atom is -0.449 e. The second kappa shape index (κ2) is 7.33. The van der Waals surface area contributed by atoms with Crippen molar-refractivity contribution >= 4 is 23.6 Å². The number of amides is 3. The fourth-order valence-corrected chi connectivity index (χ4v) is 3.26. The summed E-state index contributed by atoms with van der Waals surface area (Å²) in [5.74, 6) is -1.08. The summed E-state index contributed by atoms with van der Waals surface area (Å²) in [5.41, 5.74) is 5.62. The predicted molar refractivity (Wildman–Crippen MR) is 93.2 cm³/mol. The first-order valence-electron chi connectivity index (χ1n) is 8.73. The smallest absolute Gasteiger partial charge is 0.410 e. The Balaban J connectivity index is 1.81. The zero-order valence-corrected chi connectivity index (χ0v) is 14.7. The Morgan fingerprint density at radius 1 is 1.42 bits per heavy atom. The molecule has 0 aliphatic carbocycles. The molecule has 1 fully saturated rings. The van der Waals surface area contributed by atoms with Gasteiger partial charge in [-0.2, -0.15) is 0 Å². The lowest BCUT2D eigenvalue weighted by atomic mass is 9.98. The van der Waals surface area contributed by atoms with Gasteiger partial charge in [0.15, 0.2) is 5.60 Å². The van der Waals surface area contributed by atoms with Crippen LogP contribution in [-0.2, 0) is 25.7 Å². The number of nitrogens with two attached hydrogens (primary N) is 1. The molecule has 3 rings (SSSR count). The molecule has 1 aromatic carbocycles. The lowest BCUT2D eigenvalue weighted by molar-refractivity contribution is -0.140. The number of anilines is 1. The summed E-state index contributed by atoms with van der Waals surface area (Å²) in [6, 6.07) is 6.36. The number of fused-ring (bicyclic) bond motifs is 1. The van der Waals surface area contributed by atoms with Gasteiger partial charge in [-0.25, -0.2) is 4.79 Å². The second-order valence-electron chi connectivity index (χ2n) is 6.61. The number of hydrogen-bond acceptors (Lipinski definition) is 5. The zero-order chi connectivity index (χ0) is 18.7. The molecule has 8 heteroatoms. The van der Waals surface area contributed by atoms with E-state index in [4.69, 9.17) is 15.2 Å². The third-order valence-electron chi connectivity index (χ3n) is 4.79. The minimum absolute atomic E-state index is 0.00499. The molecule has 3 N–H and O–H groups in total. The van der Waals surface area contributed by atoms with Crippen molar-refractivity contribution in [1.82, 2.24) is 4.90 Å². The summed E-state index contributed by atoms with van der Waals surface area (Å²) in [6.45, 7) is 2.35.